The molecule has 0 radical (unpaired) electrons. The van der Waals surface area contributed by atoms with Crippen molar-refractivity contribution in [2.75, 3.05) is 0 Å². The molecule has 20 heavy (non-hydrogen) atoms. The summed E-state index contributed by atoms with van der Waals surface area (Å²) in [6.45, 7) is 8.47. The molecular weight excluding hydrogens is 266 g/mol. The molecule has 1 aromatic carbocycles. The van der Waals surface area contributed by atoms with Crippen molar-refractivity contribution in [3.05, 3.63) is 42.0 Å². The van der Waals surface area contributed by atoms with E-state index in [0.717, 1.165) is 22.8 Å². The molecule has 0 unspecified atom stereocenters. The van der Waals surface area contributed by atoms with Gasteiger partial charge < -0.3 is 8.99 Å². The van der Waals surface area contributed by atoms with Crippen molar-refractivity contribution in [2.24, 2.45) is 12.0 Å². The summed E-state index contributed by atoms with van der Waals surface area (Å²) in [5.74, 6) is 0.850. The first kappa shape index (κ1) is 14.5. The lowest BCUT2D eigenvalue weighted by Gasteiger charge is -2.20. The van der Waals surface area contributed by atoms with Crippen LogP contribution in [0.5, 0.6) is 5.75 Å². The number of aliphatic imine (C=N–C) groups is 1. The second-order valence-corrected chi connectivity index (χ2v) is 10.2. The highest BCUT2D eigenvalue weighted by Crippen LogP contribution is 2.29. The van der Waals surface area contributed by atoms with E-state index in [1.165, 1.54) is 0 Å². The van der Waals surface area contributed by atoms with Crippen LogP contribution in [-0.4, -0.2) is 24.1 Å². The zero-order chi connectivity index (χ0) is 14.8. The third-order valence-corrected chi connectivity index (χ3v) is 3.61. The predicted octanol–water partition coefficient (Wildman–Crippen LogP) is 3.69. The molecule has 0 amide bonds. The summed E-state index contributed by atoms with van der Waals surface area (Å²) < 4.78 is 8.03. The Morgan fingerprint density at radius 2 is 1.95 bits per heavy atom. The third kappa shape index (κ3) is 3.57. The maximum absolute atomic E-state index is 6.07. The maximum atomic E-state index is 6.07. The summed E-state index contributed by atoms with van der Waals surface area (Å²) >= 11 is 0. The summed E-state index contributed by atoms with van der Waals surface area (Å²) in [5.41, 5.74) is 2.84. The van der Waals surface area contributed by atoms with E-state index in [1.807, 2.05) is 49.0 Å². The van der Waals surface area contributed by atoms with Crippen molar-refractivity contribution in [3.8, 4) is 5.75 Å². The number of nitrogens with zero attached hydrogens (tertiary/aromatic N) is 3. The zero-order valence-electron chi connectivity index (χ0n) is 12.7. The smallest absolute Gasteiger partial charge is 0.242 e. The standard InChI is InChI=1S/C15H21N3OSi/c1-12-14(18(2)11-17-12)10-16-13-8-6-7-9-15(13)19-20(3,4)5/h6-11H,1-5H3/b16-10+. The van der Waals surface area contributed by atoms with Gasteiger partial charge in [0, 0.05) is 7.05 Å². The molecular formula is C15H21N3OSi. The number of aromatic nitrogens is 2. The minimum atomic E-state index is -1.64. The zero-order valence-corrected chi connectivity index (χ0v) is 13.7. The van der Waals surface area contributed by atoms with Crippen molar-refractivity contribution in [1.29, 1.82) is 0 Å². The van der Waals surface area contributed by atoms with Gasteiger partial charge in [0.2, 0.25) is 8.32 Å². The van der Waals surface area contributed by atoms with Crippen LogP contribution >= 0.6 is 0 Å². The van der Waals surface area contributed by atoms with Gasteiger partial charge >= 0.3 is 0 Å². The molecule has 1 aromatic heterocycles. The molecule has 0 saturated heterocycles. The minimum Gasteiger partial charge on any atom is -0.543 e. The molecule has 106 valence electrons. The van der Waals surface area contributed by atoms with Crippen LogP contribution < -0.4 is 4.43 Å². The number of para-hydroxylation sites is 2. The minimum absolute atomic E-state index is 0.850. The van der Waals surface area contributed by atoms with Gasteiger partial charge in [0.1, 0.15) is 11.4 Å². The Morgan fingerprint density at radius 1 is 1.25 bits per heavy atom. The van der Waals surface area contributed by atoms with Gasteiger partial charge in [0.25, 0.3) is 0 Å². The molecule has 0 aliphatic rings. The van der Waals surface area contributed by atoms with Gasteiger partial charge in [-0.05, 0) is 38.7 Å². The third-order valence-electron chi connectivity index (χ3n) is 2.78. The number of aryl methyl sites for hydroxylation is 2. The fourth-order valence-electron chi connectivity index (χ4n) is 1.85. The van der Waals surface area contributed by atoms with E-state index in [4.69, 9.17) is 4.43 Å². The van der Waals surface area contributed by atoms with Crippen LogP contribution in [0.15, 0.2) is 35.6 Å². The first-order valence-corrected chi connectivity index (χ1v) is 10.1. The molecule has 0 aliphatic heterocycles. The summed E-state index contributed by atoms with van der Waals surface area (Å²) in [6.07, 6.45) is 3.63. The van der Waals surface area contributed by atoms with Crippen LogP contribution in [0.2, 0.25) is 19.6 Å². The molecule has 4 nitrogen and oxygen atoms in total. The monoisotopic (exact) mass is 287 g/mol. The average Bonchev–Trinajstić information content (AvgIpc) is 2.66. The van der Waals surface area contributed by atoms with Gasteiger partial charge in [-0.25, -0.2) is 4.98 Å². The topological polar surface area (TPSA) is 39.4 Å². The summed E-state index contributed by atoms with van der Waals surface area (Å²) in [4.78, 5) is 8.82. The number of hydrogen-bond acceptors (Lipinski definition) is 3. The van der Waals surface area contributed by atoms with Crippen molar-refractivity contribution in [2.45, 2.75) is 26.6 Å². The predicted molar refractivity (Wildman–Crippen MR) is 85.6 cm³/mol. The van der Waals surface area contributed by atoms with Gasteiger partial charge in [0.05, 0.1) is 23.9 Å². The lowest BCUT2D eigenvalue weighted by molar-refractivity contribution is 0.559. The Morgan fingerprint density at radius 3 is 2.55 bits per heavy atom. The first-order chi connectivity index (χ1) is 9.37. The van der Waals surface area contributed by atoms with Crippen molar-refractivity contribution in [3.63, 3.8) is 0 Å². The molecule has 2 aromatic rings. The Kier molecular flexibility index (Phi) is 4.08. The summed E-state index contributed by atoms with van der Waals surface area (Å²) in [5, 5.41) is 0. The molecule has 0 bridgehead atoms. The van der Waals surface area contributed by atoms with E-state index in [0.29, 0.717) is 0 Å². The van der Waals surface area contributed by atoms with Crippen LogP contribution in [0.25, 0.3) is 0 Å². The average molecular weight is 287 g/mol. The fourth-order valence-corrected chi connectivity index (χ4v) is 2.68. The van der Waals surface area contributed by atoms with Gasteiger partial charge in [-0.15, -0.1) is 0 Å². The molecule has 0 spiro atoms. The van der Waals surface area contributed by atoms with Crippen molar-refractivity contribution in [1.82, 2.24) is 9.55 Å². The van der Waals surface area contributed by atoms with Crippen LogP contribution in [-0.2, 0) is 7.05 Å². The van der Waals surface area contributed by atoms with Gasteiger partial charge in [-0.1, -0.05) is 12.1 Å². The molecule has 1 heterocycles. The number of benzene rings is 1. The Labute approximate surface area is 121 Å². The molecule has 0 N–H and O–H groups in total. The van der Waals surface area contributed by atoms with E-state index in [2.05, 4.69) is 29.6 Å². The first-order valence-electron chi connectivity index (χ1n) is 6.67. The highest BCUT2D eigenvalue weighted by Gasteiger charge is 2.17. The Bertz CT molecular complexity index is 607. The summed E-state index contributed by atoms with van der Waals surface area (Å²) in [6, 6.07) is 7.89. The SMILES string of the molecule is Cc1ncn(C)c1/C=N/c1ccccc1O[Si](C)(C)C. The lowest BCUT2D eigenvalue weighted by atomic mass is 10.3. The van der Waals surface area contributed by atoms with Gasteiger partial charge in [0.15, 0.2) is 0 Å². The van der Waals surface area contributed by atoms with Crippen LogP contribution in [0.1, 0.15) is 11.4 Å². The van der Waals surface area contributed by atoms with E-state index in [9.17, 15) is 0 Å². The highest BCUT2D eigenvalue weighted by molar-refractivity contribution is 6.70. The number of hydrogen-bond donors (Lipinski definition) is 0. The quantitative estimate of drug-likeness (QED) is 0.635. The van der Waals surface area contributed by atoms with Crippen molar-refractivity contribution >= 4 is 20.2 Å². The van der Waals surface area contributed by atoms with E-state index >= 15 is 0 Å². The molecule has 0 atom stereocenters. The largest absolute Gasteiger partial charge is 0.543 e. The van der Waals surface area contributed by atoms with Gasteiger partial charge in [-0.2, -0.15) is 0 Å². The molecule has 2 rings (SSSR count). The van der Waals surface area contributed by atoms with Gasteiger partial charge in [-0.3, -0.25) is 4.99 Å². The second-order valence-electron chi connectivity index (χ2n) is 5.77. The number of rotatable bonds is 4. The second kappa shape index (κ2) is 5.62. The van der Waals surface area contributed by atoms with Crippen LogP contribution in [0.4, 0.5) is 5.69 Å². The van der Waals surface area contributed by atoms with E-state index in [-0.39, 0.29) is 0 Å². The van der Waals surface area contributed by atoms with Crippen LogP contribution in [0.3, 0.4) is 0 Å². The Hall–Kier alpha value is -1.88. The van der Waals surface area contributed by atoms with Crippen molar-refractivity contribution < 1.29 is 4.43 Å². The normalized spacial score (nSPS) is 12.1. The molecule has 0 fully saturated rings. The fraction of sp³-hybridized carbons (Fsp3) is 0.333. The molecule has 0 saturated carbocycles. The highest BCUT2D eigenvalue weighted by atomic mass is 28.4. The lowest BCUT2D eigenvalue weighted by Crippen LogP contribution is -2.29. The van der Waals surface area contributed by atoms with E-state index in [1.54, 1.807) is 6.33 Å². The molecule has 0 aliphatic carbocycles. The van der Waals surface area contributed by atoms with E-state index < -0.39 is 8.32 Å². The van der Waals surface area contributed by atoms with Crippen LogP contribution in [0, 0.1) is 6.92 Å². The summed E-state index contributed by atoms with van der Waals surface area (Å²) in [7, 11) is 0.326. The molecule has 5 heteroatoms. The Balaban J connectivity index is 2.30. The maximum Gasteiger partial charge on any atom is 0.242 e. The number of imidazole rings is 1.